The van der Waals surface area contributed by atoms with E-state index in [2.05, 4.69) is 35.2 Å². The minimum absolute atomic E-state index is 0.0189. The van der Waals surface area contributed by atoms with Crippen molar-refractivity contribution < 1.29 is 36.9 Å². The molecule has 5 N–H and O–H groups in total. The summed E-state index contributed by atoms with van der Waals surface area (Å²) in [5.41, 5.74) is 5.30. The molecule has 0 aromatic carbocycles. The van der Waals surface area contributed by atoms with Crippen molar-refractivity contribution in [1.29, 1.82) is 0 Å². The lowest BCUT2D eigenvalue weighted by atomic mass is 10.1. The highest BCUT2D eigenvalue weighted by Crippen LogP contribution is 2.50. The molecule has 1 saturated carbocycles. The maximum Gasteiger partial charge on any atom is 0.472 e. The standard InChI is InChI=1S/C19H25N9O9P2/c20-18-26-15-14(16(29)27-18)24-8-28(15)17-13-3-11(35-17)5-34-39(31,32)37-12-2-10(25-19-22-6-21-7-23-19)1-9(12)4-33-38(30)36-13/h6-13,17,38H,1-5H2,(H,31,32)(H3,20,26,27,29)(H,21,22,23,25)/t9-,10-,11+,12+,13-,17-/m1/s1. The number of hydrogen-bond acceptors (Lipinski definition) is 15. The van der Waals surface area contributed by atoms with Crippen LogP contribution < -0.4 is 16.6 Å². The summed E-state index contributed by atoms with van der Waals surface area (Å²) in [6.45, 7) is -0.389. The number of aromatic amines is 1. The summed E-state index contributed by atoms with van der Waals surface area (Å²) >= 11 is 0. The van der Waals surface area contributed by atoms with E-state index in [1.165, 1.54) is 23.5 Å². The van der Waals surface area contributed by atoms with Crippen molar-refractivity contribution in [3.63, 3.8) is 0 Å². The van der Waals surface area contributed by atoms with Gasteiger partial charge in [-0.05, 0) is 12.8 Å². The topological polar surface area (TPSA) is 241 Å². The van der Waals surface area contributed by atoms with Gasteiger partial charge in [-0.2, -0.15) is 4.98 Å². The number of phosphoric acid groups is 1. The molecule has 3 aromatic rings. The quantitative estimate of drug-likeness (QED) is 0.303. The summed E-state index contributed by atoms with van der Waals surface area (Å²) in [7, 11) is -7.57. The molecule has 0 spiro atoms. The van der Waals surface area contributed by atoms with Crippen molar-refractivity contribution >= 4 is 39.1 Å². The molecule has 20 heteroatoms. The summed E-state index contributed by atoms with van der Waals surface area (Å²) < 4.78 is 55.3. The third-order valence-electron chi connectivity index (χ3n) is 6.68. The van der Waals surface area contributed by atoms with Crippen LogP contribution in [-0.2, 0) is 32.0 Å². The van der Waals surface area contributed by atoms with Gasteiger partial charge < -0.3 is 29.7 Å². The molecule has 2 bridgehead atoms. The van der Waals surface area contributed by atoms with E-state index in [0.29, 0.717) is 18.8 Å². The van der Waals surface area contributed by atoms with Crippen LogP contribution in [0.5, 0.6) is 0 Å². The normalized spacial score (nSPS) is 35.6. The number of anilines is 2. The smallest absolute Gasteiger partial charge is 0.369 e. The fraction of sp³-hybridized carbons (Fsp3) is 0.579. The Balaban J connectivity index is 1.22. The number of nitrogens with one attached hydrogen (secondary N) is 2. The number of fused-ring (bicyclic) bond motifs is 4. The highest BCUT2D eigenvalue weighted by atomic mass is 31.2. The Kier molecular flexibility index (Phi) is 7.20. The average Bonchev–Trinajstić information content (AvgIpc) is 3.58. The predicted octanol–water partition coefficient (Wildman–Crippen LogP) is 0.372. The van der Waals surface area contributed by atoms with Gasteiger partial charge in [-0.1, -0.05) is 0 Å². The van der Waals surface area contributed by atoms with Crippen LogP contribution >= 0.6 is 16.1 Å². The Bertz CT molecular complexity index is 1470. The molecule has 210 valence electrons. The zero-order valence-electron chi connectivity index (χ0n) is 20.2. The van der Waals surface area contributed by atoms with Gasteiger partial charge in [-0.15, -0.1) is 0 Å². The molecular weight excluding hydrogens is 560 g/mol. The molecule has 3 fully saturated rings. The van der Waals surface area contributed by atoms with E-state index in [9.17, 15) is 18.8 Å². The van der Waals surface area contributed by atoms with Crippen LogP contribution in [0.4, 0.5) is 11.9 Å². The van der Waals surface area contributed by atoms with Crippen LogP contribution in [0.3, 0.4) is 0 Å². The van der Waals surface area contributed by atoms with Crippen LogP contribution in [0.15, 0.2) is 23.8 Å². The third kappa shape index (κ3) is 5.73. The minimum atomic E-state index is -4.52. The maximum absolute atomic E-state index is 12.9. The molecule has 5 heterocycles. The molecule has 0 radical (unpaired) electrons. The molecular formula is C19H25N9O9P2. The van der Waals surface area contributed by atoms with Crippen molar-refractivity contribution in [2.24, 2.45) is 5.92 Å². The highest BCUT2D eigenvalue weighted by molar-refractivity contribution is 7.47. The fourth-order valence-corrected chi connectivity index (χ4v) is 6.91. The molecule has 0 amide bonds. The Morgan fingerprint density at radius 1 is 1.18 bits per heavy atom. The van der Waals surface area contributed by atoms with Gasteiger partial charge in [0.15, 0.2) is 17.4 Å². The lowest BCUT2D eigenvalue weighted by molar-refractivity contribution is -0.0492. The minimum Gasteiger partial charge on any atom is -0.369 e. The summed E-state index contributed by atoms with van der Waals surface area (Å²) in [5.74, 6) is -0.195. The second-order valence-corrected chi connectivity index (χ2v) is 11.8. The number of phosphoric ester groups is 1. The number of imidazole rings is 1. The molecule has 2 saturated heterocycles. The second kappa shape index (κ2) is 10.6. The van der Waals surface area contributed by atoms with Gasteiger partial charge in [0, 0.05) is 18.4 Å². The summed E-state index contributed by atoms with van der Waals surface area (Å²) in [6, 6.07) is -0.219. The number of ether oxygens (including phenoxy) is 1. The van der Waals surface area contributed by atoms with E-state index in [-0.39, 0.29) is 42.8 Å². The molecule has 39 heavy (non-hydrogen) atoms. The third-order valence-corrected chi connectivity index (χ3v) is 8.59. The van der Waals surface area contributed by atoms with Crippen molar-refractivity contribution in [2.45, 2.75) is 49.8 Å². The fourth-order valence-electron chi connectivity index (χ4n) is 5.02. The van der Waals surface area contributed by atoms with Crippen LogP contribution in [0.25, 0.3) is 11.2 Å². The number of nitrogens with two attached hydrogens (primary N) is 1. The van der Waals surface area contributed by atoms with E-state index in [1.807, 2.05) is 0 Å². The first-order chi connectivity index (χ1) is 18.7. The summed E-state index contributed by atoms with van der Waals surface area (Å²) in [4.78, 5) is 45.1. The Morgan fingerprint density at radius 3 is 2.82 bits per heavy atom. The number of rotatable bonds is 3. The first-order valence-electron chi connectivity index (χ1n) is 12.0. The molecule has 3 aromatic heterocycles. The van der Waals surface area contributed by atoms with E-state index in [4.69, 9.17) is 28.6 Å². The maximum atomic E-state index is 12.9. The molecule has 18 nitrogen and oxygen atoms in total. The number of H-pyrrole nitrogens is 1. The van der Waals surface area contributed by atoms with Gasteiger partial charge in [-0.3, -0.25) is 28.0 Å². The first-order valence-corrected chi connectivity index (χ1v) is 14.7. The first kappa shape index (κ1) is 26.4. The van der Waals surface area contributed by atoms with Crippen molar-refractivity contribution in [3.8, 4) is 0 Å². The zero-order valence-corrected chi connectivity index (χ0v) is 22.0. The van der Waals surface area contributed by atoms with Gasteiger partial charge in [0.2, 0.25) is 11.9 Å². The molecule has 2 aliphatic heterocycles. The van der Waals surface area contributed by atoms with E-state index < -0.39 is 52.1 Å². The number of hydrogen-bond donors (Lipinski definition) is 4. The number of aromatic nitrogens is 7. The SMILES string of the molecule is Nc1nc2c(ncn2[C@@H]2O[C@@H]3COP(=O)(O)O[C@H]4C[C@H](Nc5ncncn5)C[C@@H]4CO[PH](=O)O[C@@H]2C3)c(=O)[nH]1. The monoisotopic (exact) mass is 585 g/mol. The van der Waals surface area contributed by atoms with E-state index in [1.54, 1.807) is 0 Å². The van der Waals surface area contributed by atoms with Gasteiger partial charge in [0.1, 0.15) is 18.8 Å². The lowest BCUT2D eigenvalue weighted by Gasteiger charge is -2.24. The van der Waals surface area contributed by atoms with Gasteiger partial charge in [0.05, 0.1) is 31.7 Å². The number of nitrogens with zero attached hydrogens (tertiary/aromatic N) is 6. The Hall–Kier alpha value is -2.82. The Labute approximate surface area is 220 Å². The number of nitrogen functional groups attached to an aromatic ring is 1. The van der Waals surface area contributed by atoms with Crippen LogP contribution in [0, 0.1) is 5.92 Å². The van der Waals surface area contributed by atoms with E-state index in [0.717, 1.165) is 0 Å². The molecule has 8 atom stereocenters. The van der Waals surface area contributed by atoms with Crippen LogP contribution in [-0.4, -0.2) is 76.9 Å². The molecule has 1 aliphatic carbocycles. The van der Waals surface area contributed by atoms with Crippen molar-refractivity contribution in [2.75, 3.05) is 24.3 Å². The lowest BCUT2D eigenvalue weighted by Crippen LogP contribution is -2.24. The van der Waals surface area contributed by atoms with Gasteiger partial charge in [0.25, 0.3) is 5.56 Å². The average molecular weight is 585 g/mol. The summed E-state index contributed by atoms with van der Waals surface area (Å²) in [5, 5.41) is 3.13. The second-order valence-electron chi connectivity index (χ2n) is 9.32. The van der Waals surface area contributed by atoms with E-state index >= 15 is 0 Å². The van der Waals surface area contributed by atoms with Crippen LogP contribution in [0.2, 0.25) is 0 Å². The molecule has 6 rings (SSSR count). The predicted molar refractivity (Wildman–Crippen MR) is 132 cm³/mol. The van der Waals surface area contributed by atoms with Gasteiger partial charge >= 0.3 is 16.1 Å². The molecule has 2 unspecified atom stereocenters. The zero-order chi connectivity index (χ0) is 27.1. The highest BCUT2D eigenvalue weighted by Gasteiger charge is 2.44. The van der Waals surface area contributed by atoms with Crippen molar-refractivity contribution in [1.82, 2.24) is 34.5 Å². The summed E-state index contributed by atoms with van der Waals surface area (Å²) in [6.07, 6.45) is 1.61. The van der Waals surface area contributed by atoms with Gasteiger partial charge in [-0.25, -0.2) is 24.5 Å². The van der Waals surface area contributed by atoms with Crippen molar-refractivity contribution in [3.05, 3.63) is 29.3 Å². The largest absolute Gasteiger partial charge is 0.472 e. The molecule has 3 aliphatic rings. The van der Waals surface area contributed by atoms with Crippen LogP contribution in [0.1, 0.15) is 25.5 Å². The Morgan fingerprint density at radius 2 is 2.00 bits per heavy atom.